The van der Waals surface area contributed by atoms with Crippen LogP contribution in [0.25, 0.3) is 10.8 Å². The lowest BCUT2D eigenvalue weighted by atomic mass is 9.99. The van der Waals surface area contributed by atoms with Crippen molar-refractivity contribution in [2.75, 3.05) is 0 Å². The Morgan fingerprint density at radius 1 is 0.882 bits per heavy atom. The van der Waals surface area contributed by atoms with Gasteiger partial charge < -0.3 is 0 Å². The normalized spacial score (nSPS) is 10.9. The Hall–Kier alpha value is -0.820. The van der Waals surface area contributed by atoms with E-state index < -0.39 is 0 Å². The van der Waals surface area contributed by atoms with Crippen LogP contribution in [0.5, 0.6) is 0 Å². The van der Waals surface area contributed by atoms with E-state index in [1.165, 1.54) is 46.5 Å². The first-order valence-corrected chi connectivity index (χ1v) is 7.07. The van der Waals surface area contributed by atoms with Crippen molar-refractivity contribution in [3.63, 3.8) is 0 Å². The third-order valence-electron chi connectivity index (χ3n) is 3.16. The second-order valence-electron chi connectivity index (χ2n) is 4.42. The summed E-state index contributed by atoms with van der Waals surface area (Å²) in [5.41, 5.74) is 1.47. The molecule has 0 aliphatic rings. The van der Waals surface area contributed by atoms with Crippen molar-refractivity contribution in [1.29, 1.82) is 0 Å². The van der Waals surface area contributed by atoms with Crippen LogP contribution in [0.2, 0.25) is 0 Å². The molecule has 0 bridgehead atoms. The summed E-state index contributed by atoms with van der Waals surface area (Å²) in [5, 5.41) is 2.71. The molecular formula is C16H18Br. The van der Waals surface area contributed by atoms with Crippen LogP contribution in [0.3, 0.4) is 0 Å². The molecule has 89 valence electrons. The average Bonchev–Trinajstić information content (AvgIpc) is 2.36. The van der Waals surface area contributed by atoms with Gasteiger partial charge in [0, 0.05) is 4.47 Å². The second kappa shape index (κ2) is 6.20. The first-order valence-electron chi connectivity index (χ1n) is 6.28. The van der Waals surface area contributed by atoms with E-state index in [0.717, 1.165) is 6.42 Å². The Morgan fingerprint density at radius 2 is 1.65 bits per heavy atom. The van der Waals surface area contributed by atoms with Crippen LogP contribution in [-0.2, 0) is 6.42 Å². The van der Waals surface area contributed by atoms with Crippen molar-refractivity contribution in [2.24, 2.45) is 0 Å². The largest absolute Gasteiger partial charge is 0.0613 e. The Morgan fingerprint density at radius 3 is 2.47 bits per heavy atom. The van der Waals surface area contributed by atoms with Crippen LogP contribution < -0.4 is 0 Å². The fourth-order valence-corrected chi connectivity index (χ4v) is 2.72. The van der Waals surface area contributed by atoms with Crippen LogP contribution >= 0.6 is 15.9 Å². The van der Waals surface area contributed by atoms with Gasteiger partial charge in [-0.2, -0.15) is 0 Å². The quantitative estimate of drug-likeness (QED) is 0.634. The van der Waals surface area contributed by atoms with E-state index in [4.69, 9.17) is 0 Å². The van der Waals surface area contributed by atoms with Gasteiger partial charge in [-0.05, 0) is 35.2 Å². The average molecular weight is 290 g/mol. The molecule has 0 aromatic heterocycles. The van der Waals surface area contributed by atoms with E-state index in [-0.39, 0.29) is 0 Å². The fraction of sp³-hybridized carbons (Fsp3) is 0.312. The van der Waals surface area contributed by atoms with E-state index >= 15 is 0 Å². The second-order valence-corrected chi connectivity index (χ2v) is 5.27. The Balaban J connectivity index is 2.19. The molecule has 0 heterocycles. The number of unbranched alkanes of at least 4 members (excludes halogenated alkanes) is 3. The lowest BCUT2D eigenvalue weighted by Gasteiger charge is -2.07. The number of hydrogen-bond donors (Lipinski definition) is 0. The Bertz CT molecular complexity index is 488. The molecule has 0 saturated heterocycles. The third kappa shape index (κ3) is 3.10. The van der Waals surface area contributed by atoms with Crippen molar-refractivity contribution in [1.82, 2.24) is 0 Å². The predicted octanol–water partition coefficient (Wildman–Crippen LogP) is 5.54. The molecule has 0 aliphatic heterocycles. The van der Waals surface area contributed by atoms with Gasteiger partial charge in [-0.1, -0.05) is 72.4 Å². The Labute approximate surface area is 112 Å². The first kappa shape index (κ1) is 12.6. The zero-order valence-electron chi connectivity index (χ0n) is 10.1. The summed E-state index contributed by atoms with van der Waals surface area (Å²) in [4.78, 5) is 0. The summed E-state index contributed by atoms with van der Waals surface area (Å²) >= 11 is 3.62. The molecule has 0 nitrogen and oxygen atoms in total. The van der Waals surface area contributed by atoms with Crippen molar-refractivity contribution in [3.05, 3.63) is 53.4 Å². The lowest BCUT2D eigenvalue weighted by Crippen LogP contribution is -1.88. The topological polar surface area (TPSA) is 0 Å². The summed E-state index contributed by atoms with van der Waals surface area (Å²) in [7, 11) is 0. The number of rotatable bonds is 5. The molecule has 0 unspecified atom stereocenters. The highest BCUT2D eigenvalue weighted by Gasteiger charge is 2.02. The molecule has 17 heavy (non-hydrogen) atoms. The van der Waals surface area contributed by atoms with Crippen molar-refractivity contribution in [3.8, 4) is 0 Å². The van der Waals surface area contributed by atoms with Gasteiger partial charge in [-0.3, -0.25) is 0 Å². The van der Waals surface area contributed by atoms with Crippen molar-refractivity contribution >= 4 is 26.7 Å². The molecule has 2 rings (SSSR count). The molecule has 0 fully saturated rings. The zero-order valence-corrected chi connectivity index (χ0v) is 11.7. The highest BCUT2D eigenvalue weighted by Crippen LogP contribution is 2.27. The summed E-state index contributed by atoms with van der Waals surface area (Å²) in [6.07, 6.45) is 6.03. The number of halogens is 1. The lowest BCUT2D eigenvalue weighted by molar-refractivity contribution is 0.687. The maximum atomic E-state index is 3.89. The van der Waals surface area contributed by atoms with Crippen LogP contribution in [0.4, 0.5) is 0 Å². The van der Waals surface area contributed by atoms with Gasteiger partial charge in [0.2, 0.25) is 0 Å². The highest BCUT2D eigenvalue weighted by molar-refractivity contribution is 9.10. The monoisotopic (exact) mass is 289 g/mol. The Kier molecular flexibility index (Phi) is 4.61. The minimum Gasteiger partial charge on any atom is -0.0613 e. The molecular weight excluding hydrogens is 272 g/mol. The van der Waals surface area contributed by atoms with Crippen LogP contribution in [0, 0.1) is 6.92 Å². The zero-order chi connectivity index (χ0) is 12.1. The van der Waals surface area contributed by atoms with Crippen LogP contribution in [0.1, 0.15) is 31.2 Å². The summed E-state index contributed by atoms with van der Waals surface area (Å²) < 4.78 is 1.19. The number of benzene rings is 2. The molecule has 0 spiro atoms. The van der Waals surface area contributed by atoms with E-state index in [1.807, 2.05) is 0 Å². The third-order valence-corrected chi connectivity index (χ3v) is 3.85. The summed E-state index contributed by atoms with van der Waals surface area (Å²) in [5.74, 6) is 0. The van der Waals surface area contributed by atoms with Crippen LogP contribution in [-0.4, -0.2) is 0 Å². The van der Waals surface area contributed by atoms with Gasteiger partial charge in [-0.25, -0.2) is 0 Å². The maximum absolute atomic E-state index is 3.89. The van der Waals surface area contributed by atoms with Gasteiger partial charge in [0.25, 0.3) is 0 Å². The molecule has 0 atom stereocenters. The number of hydrogen-bond acceptors (Lipinski definition) is 0. The molecule has 1 heteroatoms. The number of aryl methyl sites for hydroxylation is 1. The van der Waals surface area contributed by atoms with E-state index in [0.29, 0.717) is 0 Å². The van der Waals surface area contributed by atoms with Gasteiger partial charge in [0.1, 0.15) is 0 Å². The van der Waals surface area contributed by atoms with Crippen LogP contribution in [0.15, 0.2) is 40.9 Å². The van der Waals surface area contributed by atoms with E-state index in [2.05, 4.69) is 59.3 Å². The molecule has 0 aliphatic carbocycles. The molecule has 0 N–H and O–H groups in total. The smallest absolute Gasteiger partial charge is 0.0253 e. The molecule has 2 aromatic carbocycles. The van der Waals surface area contributed by atoms with Gasteiger partial charge in [0.15, 0.2) is 0 Å². The van der Waals surface area contributed by atoms with Crippen molar-refractivity contribution < 1.29 is 0 Å². The predicted molar refractivity (Wildman–Crippen MR) is 79.2 cm³/mol. The molecule has 0 saturated carbocycles. The SMILES string of the molecule is [CH2]CCCCCc1cccc2c(Br)cccc12. The standard InChI is InChI=1S/C16H18Br/c1-2-3-4-5-8-13-9-6-11-15-14(13)10-7-12-16(15)17/h6-7,9-12H,1-5,8H2. The molecule has 0 amide bonds. The highest BCUT2D eigenvalue weighted by atomic mass is 79.9. The molecule has 1 radical (unpaired) electrons. The van der Waals surface area contributed by atoms with Gasteiger partial charge in [-0.15, -0.1) is 0 Å². The first-order chi connectivity index (χ1) is 8.33. The number of fused-ring (bicyclic) bond motifs is 1. The maximum Gasteiger partial charge on any atom is 0.0253 e. The van der Waals surface area contributed by atoms with E-state index in [1.54, 1.807) is 0 Å². The van der Waals surface area contributed by atoms with Gasteiger partial charge >= 0.3 is 0 Å². The summed E-state index contributed by atoms with van der Waals surface area (Å²) in [6.45, 7) is 3.89. The van der Waals surface area contributed by atoms with E-state index in [9.17, 15) is 0 Å². The van der Waals surface area contributed by atoms with Gasteiger partial charge in [0.05, 0.1) is 0 Å². The minimum atomic E-state index is 1.06. The fourth-order valence-electron chi connectivity index (χ4n) is 2.22. The van der Waals surface area contributed by atoms with Crippen molar-refractivity contribution in [2.45, 2.75) is 32.1 Å². The molecule has 2 aromatic rings. The minimum absolute atomic E-state index is 1.06. The summed E-state index contributed by atoms with van der Waals surface area (Å²) in [6, 6.07) is 13.0.